The summed E-state index contributed by atoms with van der Waals surface area (Å²) in [5, 5.41) is 3.37. The van der Waals surface area contributed by atoms with Gasteiger partial charge >= 0.3 is 0 Å². The molecule has 0 atom stereocenters. The van der Waals surface area contributed by atoms with Gasteiger partial charge < -0.3 is 0 Å². The lowest BCUT2D eigenvalue weighted by molar-refractivity contribution is 0.250. The Hall–Kier alpha value is 0.140. The van der Waals surface area contributed by atoms with Crippen molar-refractivity contribution in [3.8, 4) is 0 Å². The second-order valence-corrected chi connectivity index (χ2v) is 7.77. The smallest absolute Gasteiger partial charge is 0.0330 e. The van der Waals surface area contributed by atoms with Crippen molar-refractivity contribution in [2.75, 3.05) is 11.9 Å². The molecule has 0 unspecified atom stereocenters. The Balaban J connectivity index is 1.52. The van der Waals surface area contributed by atoms with Crippen molar-refractivity contribution >= 4 is 27.3 Å². The molecule has 20 heavy (non-hydrogen) atoms. The zero-order valence-electron chi connectivity index (χ0n) is 12.5. The van der Waals surface area contributed by atoms with Crippen LogP contribution in [0.25, 0.3) is 0 Å². The predicted octanol–water partition coefficient (Wildman–Crippen LogP) is 5.84. The Kier molecular flexibility index (Phi) is 8.23. The largest absolute Gasteiger partial charge is 0.295 e. The molecule has 1 aromatic heterocycles. The Morgan fingerprint density at radius 2 is 1.75 bits per heavy atom. The van der Waals surface area contributed by atoms with Gasteiger partial charge in [-0.25, -0.2) is 0 Å². The lowest BCUT2D eigenvalue weighted by atomic mass is 10.1. The maximum Gasteiger partial charge on any atom is 0.0330 e. The molecular weight excluding hydrogens is 330 g/mol. The molecule has 1 fully saturated rings. The van der Waals surface area contributed by atoms with Crippen LogP contribution in [0.4, 0.5) is 0 Å². The minimum atomic E-state index is 0.899. The fraction of sp³-hybridized carbons (Fsp3) is 0.765. The van der Waals surface area contributed by atoms with E-state index in [4.69, 9.17) is 0 Å². The van der Waals surface area contributed by atoms with Gasteiger partial charge in [0.2, 0.25) is 0 Å². The summed E-state index contributed by atoms with van der Waals surface area (Å²) in [5.74, 6) is 0. The van der Waals surface area contributed by atoms with E-state index in [9.17, 15) is 0 Å². The highest BCUT2D eigenvalue weighted by molar-refractivity contribution is 9.09. The number of unbranched alkanes of at least 4 members (excludes halogenated alkanes) is 6. The Labute approximate surface area is 136 Å². The van der Waals surface area contributed by atoms with Crippen molar-refractivity contribution in [2.24, 2.45) is 0 Å². The van der Waals surface area contributed by atoms with Crippen molar-refractivity contribution in [3.63, 3.8) is 0 Å². The molecule has 114 valence electrons. The lowest BCUT2D eigenvalue weighted by Crippen LogP contribution is -2.26. The van der Waals surface area contributed by atoms with Crippen LogP contribution in [0.1, 0.15) is 62.7 Å². The molecule has 0 N–H and O–H groups in total. The average molecular weight is 358 g/mol. The summed E-state index contributed by atoms with van der Waals surface area (Å²) in [6, 6.07) is 5.36. The molecule has 1 saturated carbocycles. The first-order chi connectivity index (χ1) is 9.90. The van der Waals surface area contributed by atoms with Crippen LogP contribution in [0, 0.1) is 0 Å². The van der Waals surface area contributed by atoms with E-state index < -0.39 is 0 Å². The molecule has 0 aliphatic heterocycles. The second kappa shape index (κ2) is 9.97. The van der Waals surface area contributed by atoms with E-state index in [1.54, 1.807) is 0 Å². The summed E-state index contributed by atoms with van der Waals surface area (Å²) in [4.78, 5) is 4.25. The van der Waals surface area contributed by atoms with Crippen LogP contribution in [-0.4, -0.2) is 22.8 Å². The van der Waals surface area contributed by atoms with Crippen molar-refractivity contribution in [1.29, 1.82) is 0 Å². The molecule has 1 aliphatic rings. The lowest BCUT2D eigenvalue weighted by Gasteiger charge is -2.21. The van der Waals surface area contributed by atoms with Gasteiger partial charge in [-0.15, -0.1) is 11.3 Å². The quantitative estimate of drug-likeness (QED) is 0.335. The number of alkyl halides is 1. The van der Waals surface area contributed by atoms with Gasteiger partial charge in [0.25, 0.3) is 0 Å². The summed E-state index contributed by atoms with van der Waals surface area (Å²) >= 11 is 5.40. The average Bonchev–Trinajstić information content (AvgIpc) is 3.18. The van der Waals surface area contributed by atoms with Gasteiger partial charge in [-0.2, -0.15) is 0 Å². The maximum atomic E-state index is 3.50. The number of thiophene rings is 1. The van der Waals surface area contributed by atoms with E-state index in [2.05, 4.69) is 38.3 Å². The fourth-order valence-electron chi connectivity index (χ4n) is 2.73. The normalized spacial score (nSPS) is 15.1. The molecule has 0 bridgehead atoms. The summed E-state index contributed by atoms with van der Waals surface area (Å²) < 4.78 is 0. The van der Waals surface area contributed by atoms with E-state index in [0.717, 1.165) is 6.04 Å². The van der Waals surface area contributed by atoms with Crippen molar-refractivity contribution in [3.05, 3.63) is 22.4 Å². The molecule has 1 nitrogen and oxygen atoms in total. The van der Waals surface area contributed by atoms with Crippen LogP contribution in [-0.2, 0) is 6.54 Å². The minimum absolute atomic E-state index is 0.899. The Bertz CT molecular complexity index is 335. The number of rotatable bonds is 12. The summed E-state index contributed by atoms with van der Waals surface area (Å²) in [6.45, 7) is 2.50. The molecule has 0 amide bonds. The van der Waals surface area contributed by atoms with Gasteiger partial charge in [0.1, 0.15) is 0 Å². The highest BCUT2D eigenvalue weighted by Gasteiger charge is 2.28. The van der Waals surface area contributed by atoms with Crippen LogP contribution in [0.5, 0.6) is 0 Å². The van der Waals surface area contributed by atoms with Gasteiger partial charge in [-0.05, 0) is 43.7 Å². The highest BCUT2D eigenvalue weighted by Crippen LogP contribution is 2.29. The van der Waals surface area contributed by atoms with E-state index in [1.807, 2.05) is 11.3 Å². The predicted molar refractivity (Wildman–Crippen MR) is 93.9 cm³/mol. The molecule has 3 heteroatoms. The summed E-state index contributed by atoms with van der Waals surface area (Å²) in [6.07, 6.45) is 12.7. The van der Waals surface area contributed by atoms with Crippen LogP contribution in [0.2, 0.25) is 0 Å². The standard InChI is InChI=1S/C17H28BrNS/c18-12-6-4-2-1-3-5-7-13-19(16-10-11-16)15-17-9-8-14-20-17/h8-9,14,16H,1-7,10-13,15H2. The fourth-order valence-corrected chi connectivity index (χ4v) is 3.85. The third-order valence-electron chi connectivity index (χ3n) is 4.08. The molecule has 1 aliphatic carbocycles. The van der Waals surface area contributed by atoms with Gasteiger partial charge in [0.15, 0.2) is 0 Å². The molecule has 0 aromatic carbocycles. The SMILES string of the molecule is BrCCCCCCCCCN(Cc1cccs1)C1CC1. The van der Waals surface area contributed by atoms with Gasteiger partial charge in [-0.1, -0.05) is 54.1 Å². The summed E-state index contributed by atoms with van der Waals surface area (Å²) in [7, 11) is 0. The van der Waals surface area contributed by atoms with Crippen LogP contribution >= 0.6 is 27.3 Å². The number of halogens is 1. The van der Waals surface area contributed by atoms with E-state index >= 15 is 0 Å². The van der Waals surface area contributed by atoms with E-state index in [-0.39, 0.29) is 0 Å². The molecule has 2 rings (SSSR count). The van der Waals surface area contributed by atoms with Crippen molar-refractivity contribution in [2.45, 2.75) is 70.4 Å². The monoisotopic (exact) mass is 357 g/mol. The summed E-state index contributed by atoms with van der Waals surface area (Å²) in [5.41, 5.74) is 0. The molecule has 0 spiro atoms. The van der Waals surface area contributed by atoms with Crippen LogP contribution in [0.3, 0.4) is 0 Å². The van der Waals surface area contributed by atoms with E-state index in [1.165, 1.54) is 81.1 Å². The molecular formula is C17H28BrNS. The Morgan fingerprint density at radius 1 is 1.05 bits per heavy atom. The number of nitrogens with zero attached hydrogens (tertiary/aromatic N) is 1. The molecule has 1 aromatic rings. The molecule has 1 heterocycles. The zero-order chi connectivity index (χ0) is 14.0. The first kappa shape index (κ1) is 16.5. The van der Waals surface area contributed by atoms with Crippen molar-refractivity contribution < 1.29 is 0 Å². The third kappa shape index (κ3) is 6.73. The highest BCUT2D eigenvalue weighted by atomic mass is 79.9. The van der Waals surface area contributed by atoms with Crippen LogP contribution in [0.15, 0.2) is 17.5 Å². The Morgan fingerprint density at radius 3 is 2.35 bits per heavy atom. The zero-order valence-corrected chi connectivity index (χ0v) is 14.9. The van der Waals surface area contributed by atoms with Gasteiger partial charge in [0, 0.05) is 22.8 Å². The van der Waals surface area contributed by atoms with Gasteiger partial charge in [-0.3, -0.25) is 4.90 Å². The first-order valence-electron chi connectivity index (χ1n) is 8.22. The molecule has 0 radical (unpaired) electrons. The van der Waals surface area contributed by atoms with Crippen molar-refractivity contribution in [1.82, 2.24) is 4.90 Å². The number of hydrogen-bond acceptors (Lipinski definition) is 2. The topological polar surface area (TPSA) is 3.24 Å². The van der Waals surface area contributed by atoms with Crippen LogP contribution < -0.4 is 0 Å². The maximum absolute atomic E-state index is 3.50. The van der Waals surface area contributed by atoms with E-state index in [0.29, 0.717) is 0 Å². The number of hydrogen-bond donors (Lipinski definition) is 0. The second-order valence-electron chi connectivity index (χ2n) is 5.94. The minimum Gasteiger partial charge on any atom is -0.295 e. The van der Waals surface area contributed by atoms with Gasteiger partial charge in [0.05, 0.1) is 0 Å². The first-order valence-corrected chi connectivity index (χ1v) is 10.2. The molecule has 0 saturated heterocycles. The third-order valence-corrected chi connectivity index (χ3v) is 5.50.